The molecule has 0 radical (unpaired) electrons. The first-order chi connectivity index (χ1) is 9.08. The molecule has 2 rings (SSSR count). The van der Waals surface area contributed by atoms with Crippen LogP contribution in [0.1, 0.15) is 6.92 Å². The Morgan fingerprint density at radius 1 is 1.05 bits per heavy atom. The second-order valence-corrected chi connectivity index (χ2v) is 4.71. The fourth-order valence-corrected chi connectivity index (χ4v) is 1.85. The summed E-state index contributed by atoms with van der Waals surface area (Å²) in [5.74, 6) is 0.684. The van der Waals surface area contributed by atoms with Crippen molar-refractivity contribution in [2.24, 2.45) is 0 Å². The second kappa shape index (κ2) is 6.23. The van der Waals surface area contributed by atoms with Crippen LogP contribution in [0.4, 0.5) is 17.6 Å². The molecular weight excluding hydrogens is 309 g/mol. The van der Waals surface area contributed by atoms with E-state index in [0.29, 0.717) is 34.2 Å². The first-order valence-electron chi connectivity index (χ1n) is 5.46. The van der Waals surface area contributed by atoms with E-state index in [4.69, 9.17) is 34.8 Å². The maximum atomic E-state index is 6.05. The number of aromatic nitrogens is 3. The Labute approximate surface area is 125 Å². The third kappa shape index (κ3) is 3.83. The Bertz CT molecular complexity index is 591. The molecular formula is C11H10Cl3N5. The fraction of sp³-hybridized carbons (Fsp3) is 0.182. The van der Waals surface area contributed by atoms with Crippen molar-refractivity contribution in [2.75, 3.05) is 17.2 Å². The molecule has 0 fully saturated rings. The third-order valence-corrected chi connectivity index (χ3v) is 2.85. The lowest BCUT2D eigenvalue weighted by atomic mass is 10.3. The van der Waals surface area contributed by atoms with Crippen molar-refractivity contribution < 1.29 is 0 Å². The number of benzene rings is 1. The van der Waals surface area contributed by atoms with Crippen LogP contribution in [0.15, 0.2) is 18.2 Å². The third-order valence-electron chi connectivity index (χ3n) is 2.12. The number of rotatable bonds is 4. The van der Waals surface area contributed by atoms with Crippen LogP contribution in [0.25, 0.3) is 0 Å². The predicted molar refractivity (Wildman–Crippen MR) is 78.7 cm³/mol. The van der Waals surface area contributed by atoms with Crippen molar-refractivity contribution in [3.05, 3.63) is 33.5 Å². The van der Waals surface area contributed by atoms with E-state index in [1.54, 1.807) is 18.2 Å². The highest BCUT2D eigenvalue weighted by Gasteiger charge is 2.07. The molecule has 1 aromatic heterocycles. The average molecular weight is 319 g/mol. The molecule has 0 aliphatic carbocycles. The largest absolute Gasteiger partial charge is 0.354 e. The van der Waals surface area contributed by atoms with Gasteiger partial charge in [-0.25, -0.2) is 0 Å². The molecule has 2 N–H and O–H groups in total. The van der Waals surface area contributed by atoms with Crippen LogP contribution in [0, 0.1) is 0 Å². The predicted octanol–water partition coefficient (Wildman–Crippen LogP) is 4.01. The smallest absolute Gasteiger partial charge is 0.233 e. The summed E-state index contributed by atoms with van der Waals surface area (Å²) in [4.78, 5) is 12.1. The van der Waals surface area contributed by atoms with Crippen molar-refractivity contribution in [1.82, 2.24) is 15.0 Å². The Balaban J connectivity index is 2.29. The molecule has 0 spiro atoms. The van der Waals surface area contributed by atoms with E-state index in [9.17, 15) is 0 Å². The molecule has 2 aromatic rings. The van der Waals surface area contributed by atoms with E-state index < -0.39 is 0 Å². The lowest BCUT2D eigenvalue weighted by molar-refractivity contribution is 1.02. The van der Waals surface area contributed by atoms with Crippen LogP contribution in [0.5, 0.6) is 0 Å². The number of nitrogens with zero attached hydrogens (tertiary/aromatic N) is 3. The summed E-state index contributed by atoms with van der Waals surface area (Å²) >= 11 is 17.8. The van der Waals surface area contributed by atoms with Crippen LogP contribution in [0.2, 0.25) is 15.3 Å². The maximum Gasteiger partial charge on any atom is 0.233 e. The minimum absolute atomic E-state index is 0.0894. The summed E-state index contributed by atoms with van der Waals surface area (Å²) in [5.41, 5.74) is 0.596. The zero-order valence-electron chi connectivity index (χ0n) is 9.91. The lowest BCUT2D eigenvalue weighted by Gasteiger charge is -2.09. The Morgan fingerprint density at radius 3 is 2.53 bits per heavy atom. The zero-order chi connectivity index (χ0) is 13.8. The molecule has 8 heteroatoms. The van der Waals surface area contributed by atoms with Crippen molar-refractivity contribution in [3.8, 4) is 0 Å². The number of hydrogen-bond donors (Lipinski definition) is 2. The van der Waals surface area contributed by atoms with Gasteiger partial charge < -0.3 is 10.6 Å². The molecule has 0 unspecified atom stereocenters. The van der Waals surface area contributed by atoms with Gasteiger partial charge in [-0.3, -0.25) is 0 Å². The van der Waals surface area contributed by atoms with Gasteiger partial charge in [-0.15, -0.1) is 0 Å². The molecule has 0 amide bonds. The monoisotopic (exact) mass is 317 g/mol. The first-order valence-corrected chi connectivity index (χ1v) is 6.59. The maximum absolute atomic E-state index is 6.05. The molecule has 100 valence electrons. The second-order valence-electron chi connectivity index (χ2n) is 3.53. The molecule has 0 aliphatic heterocycles. The van der Waals surface area contributed by atoms with Gasteiger partial charge in [-0.2, -0.15) is 15.0 Å². The van der Waals surface area contributed by atoms with Gasteiger partial charge in [0.2, 0.25) is 17.2 Å². The zero-order valence-corrected chi connectivity index (χ0v) is 12.2. The molecule has 0 atom stereocenters. The van der Waals surface area contributed by atoms with Crippen LogP contribution in [0.3, 0.4) is 0 Å². The van der Waals surface area contributed by atoms with Gasteiger partial charge in [0.25, 0.3) is 0 Å². The van der Waals surface area contributed by atoms with Crippen molar-refractivity contribution >= 4 is 52.4 Å². The summed E-state index contributed by atoms with van der Waals surface area (Å²) in [6.07, 6.45) is 0. The molecule has 5 nitrogen and oxygen atoms in total. The fourth-order valence-electron chi connectivity index (χ4n) is 1.36. The molecule has 0 aliphatic rings. The summed E-state index contributed by atoms with van der Waals surface area (Å²) in [7, 11) is 0. The van der Waals surface area contributed by atoms with Gasteiger partial charge in [0.1, 0.15) is 0 Å². The van der Waals surface area contributed by atoms with Crippen molar-refractivity contribution in [3.63, 3.8) is 0 Å². The molecule has 0 bridgehead atoms. The van der Waals surface area contributed by atoms with Gasteiger partial charge in [-0.1, -0.05) is 23.2 Å². The van der Waals surface area contributed by atoms with Crippen molar-refractivity contribution in [2.45, 2.75) is 6.92 Å². The van der Waals surface area contributed by atoms with E-state index >= 15 is 0 Å². The highest BCUT2D eigenvalue weighted by Crippen LogP contribution is 2.27. The van der Waals surface area contributed by atoms with Crippen molar-refractivity contribution in [1.29, 1.82) is 0 Å². The molecule has 1 aromatic carbocycles. The topological polar surface area (TPSA) is 62.7 Å². The van der Waals surface area contributed by atoms with E-state index in [-0.39, 0.29) is 5.28 Å². The van der Waals surface area contributed by atoms with Gasteiger partial charge in [0.05, 0.1) is 10.7 Å². The lowest BCUT2D eigenvalue weighted by Crippen LogP contribution is -2.06. The number of nitrogens with one attached hydrogen (secondary N) is 2. The Hall–Kier alpha value is -1.30. The van der Waals surface area contributed by atoms with Crippen LogP contribution in [-0.4, -0.2) is 21.5 Å². The van der Waals surface area contributed by atoms with Crippen LogP contribution in [-0.2, 0) is 0 Å². The van der Waals surface area contributed by atoms with Gasteiger partial charge >= 0.3 is 0 Å². The molecule has 0 saturated carbocycles. The highest BCUT2D eigenvalue weighted by molar-refractivity contribution is 6.35. The Morgan fingerprint density at radius 2 is 1.79 bits per heavy atom. The molecule has 0 saturated heterocycles. The SMILES string of the molecule is CCNc1nc(Cl)nc(Nc2cc(Cl)ccc2Cl)n1. The average Bonchev–Trinajstić information content (AvgIpc) is 2.33. The van der Waals surface area contributed by atoms with Gasteiger partial charge in [0, 0.05) is 11.6 Å². The number of hydrogen-bond acceptors (Lipinski definition) is 5. The summed E-state index contributed by atoms with van der Waals surface area (Å²) in [6.45, 7) is 2.61. The highest BCUT2D eigenvalue weighted by atomic mass is 35.5. The van der Waals surface area contributed by atoms with E-state index in [0.717, 1.165) is 0 Å². The normalized spacial score (nSPS) is 10.3. The van der Waals surface area contributed by atoms with Crippen LogP contribution >= 0.6 is 34.8 Å². The first kappa shape index (κ1) is 14.1. The minimum atomic E-state index is 0.0894. The van der Waals surface area contributed by atoms with E-state index in [2.05, 4.69) is 25.6 Å². The number of anilines is 3. The summed E-state index contributed by atoms with van der Waals surface area (Å²) in [5, 5.41) is 7.05. The quantitative estimate of drug-likeness (QED) is 0.892. The van der Waals surface area contributed by atoms with Gasteiger partial charge in [0.15, 0.2) is 0 Å². The summed E-state index contributed by atoms with van der Waals surface area (Å²) < 4.78 is 0. The standard InChI is InChI=1S/C11H10Cl3N5/c1-2-15-10-17-9(14)18-11(19-10)16-8-5-6(12)3-4-7(8)13/h3-5H,2H2,1H3,(H2,15,16,17,18,19). The molecule has 19 heavy (non-hydrogen) atoms. The number of halogens is 3. The van der Waals surface area contributed by atoms with Gasteiger partial charge in [-0.05, 0) is 36.7 Å². The molecule has 1 heterocycles. The van der Waals surface area contributed by atoms with E-state index in [1.807, 2.05) is 6.92 Å². The minimum Gasteiger partial charge on any atom is -0.354 e. The van der Waals surface area contributed by atoms with E-state index in [1.165, 1.54) is 0 Å². The Kier molecular flexibility index (Phi) is 4.63. The summed E-state index contributed by atoms with van der Waals surface area (Å²) in [6, 6.07) is 5.05. The van der Waals surface area contributed by atoms with Crippen LogP contribution < -0.4 is 10.6 Å².